The van der Waals surface area contributed by atoms with Crippen LogP contribution in [-0.4, -0.2) is 49.1 Å². The number of nitriles is 1. The van der Waals surface area contributed by atoms with Crippen molar-refractivity contribution in [1.29, 1.82) is 5.26 Å². The lowest BCUT2D eigenvalue weighted by molar-refractivity contribution is -0.150. The van der Waals surface area contributed by atoms with Crippen molar-refractivity contribution in [3.05, 3.63) is 29.8 Å². The van der Waals surface area contributed by atoms with Gasteiger partial charge < -0.3 is 9.64 Å². The fourth-order valence-corrected chi connectivity index (χ4v) is 3.72. The molecule has 25 heavy (non-hydrogen) atoms. The van der Waals surface area contributed by atoms with Crippen LogP contribution < -0.4 is 4.90 Å². The van der Waals surface area contributed by atoms with Crippen molar-refractivity contribution in [2.75, 3.05) is 31.1 Å². The van der Waals surface area contributed by atoms with E-state index in [9.17, 15) is 9.59 Å². The van der Waals surface area contributed by atoms with Crippen LogP contribution in [0.25, 0.3) is 0 Å². The molecule has 1 aromatic carbocycles. The number of likely N-dealkylation sites (tertiary alicyclic amines) is 1. The molecule has 2 atom stereocenters. The van der Waals surface area contributed by atoms with Gasteiger partial charge in [-0.25, -0.2) is 0 Å². The monoisotopic (exact) mass is 341 g/mol. The number of rotatable bonds is 4. The predicted octanol–water partition coefficient (Wildman–Crippen LogP) is 1.94. The zero-order chi connectivity index (χ0) is 17.8. The molecule has 2 aliphatic rings. The van der Waals surface area contributed by atoms with Crippen LogP contribution in [0, 0.1) is 17.2 Å². The smallest absolute Gasteiger partial charge is 0.310 e. The number of hydrogen-bond acceptors (Lipinski definition) is 5. The Kier molecular flexibility index (Phi) is 5.34. The third-order valence-corrected chi connectivity index (χ3v) is 5.00. The minimum atomic E-state index is -0.173. The lowest BCUT2D eigenvalue weighted by Gasteiger charge is -2.34. The zero-order valence-corrected chi connectivity index (χ0v) is 14.5. The van der Waals surface area contributed by atoms with Gasteiger partial charge in [0.1, 0.15) is 0 Å². The first kappa shape index (κ1) is 17.4. The standard InChI is InChI=1S/C19H23N3O3/c1-2-25-19(24)15-4-3-10-21(13-15)17-9-11-22(18(17)23)16-7-5-14(12-20)6-8-16/h5-8,15,17H,2-4,9-11,13H2,1H3. The van der Waals surface area contributed by atoms with Gasteiger partial charge in [0.15, 0.2) is 0 Å². The van der Waals surface area contributed by atoms with Crippen molar-refractivity contribution in [2.45, 2.75) is 32.2 Å². The molecule has 0 N–H and O–H groups in total. The first-order valence-electron chi connectivity index (χ1n) is 8.86. The number of hydrogen-bond donors (Lipinski definition) is 0. The summed E-state index contributed by atoms with van der Waals surface area (Å²) in [4.78, 5) is 28.8. The van der Waals surface area contributed by atoms with Gasteiger partial charge in [0.2, 0.25) is 5.91 Å². The number of esters is 1. The largest absolute Gasteiger partial charge is 0.466 e. The Morgan fingerprint density at radius 2 is 2.04 bits per heavy atom. The van der Waals surface area contributed by atoms with Gasteiger partial charge in [-0.15, -0.1) is 0 Å². The Morgan fingerprint density at radius 1 is 1.28 bits per heavy atom. The minimum Gasteiger partial charge on any atom is -0.466 e. The normalized spacial score (nSPS) is 24.2. The number of piperidine rings is 1. The van der Waals surface area contributed by atoms with Crippen LogP contribution in [0.5, 0.6) is 0 Å². The Labute approximate surface area is 148 Å². The van der Waals surface area contributed by atoms with E-state index < -0.39 is 0 Å². The fraction of sp³-hybridized carbons (Fsp3) is 0.526. The third-order valence-electron chi connectivity index (χ3n) is 5.00. The number of ether oxygens (including phenoxy) is 1. The van der Waals surface area contributed by atoms with Crippen molar-refractivity contribution in [1.82, 2.24) is 4.90 Å². The molecule has 1 aromatic rings. The molecule has 132 valence electrons. The van der Waals surface area contributed by atoms with Gasteiger partial charge in [-0.3, -0.25) is 14.5 Å². The lowest BCUT2D eigenvalue weighted by atomic mass is 9.96. The van der Waals surface area contributed by atoms with E-state index >= 15 is 0 Å². The van der Waals surface area contributed by atoms with Crippen LogP contribution in [-0.2, 0) is 14.3 Å². The molecule has 0 saturated carbocycles. The molecular weight excluding hydrogens is 318 g/mol. The molecular formula is C19H23N3O3. The Balaban J connectivity index is 1.66. The molecule has 2 fully saturated rings. The van der Waals surface area contributed by atoms with Crippen LogP contribution >= 0.6 is 0 Å². The third kappa shape index (κ3) is 3.67. The number of amides is 1. The van der Waals surface area contributed by atoms with Crippen molar-refractivity contribution < 1.29 is 14.3 Å². The molecule has 6 heteroatoms. The Bertz CT molecular complexity index is 680. The van der Waals surface area contributed by atoms with Gasteiger partial charge in [0.25, 0.3) is 0 Å². The maximum atomic E-state index is 12.9. The van der Waals surface area contributed by atoms with Crippen LogP contribution in [0.3, 0.4) is 0 Å². The van der Waals surface area contributed by atoms with E-state index in [1.165, 1.54) is 0 Å². The molecule has 1 amide bonds. The second kappa shape index (κ2) is 7.66. The van der Waals surface area contributed by atoms with E-state index in [2.05, 4.69) is 11.0 Å². The van der Waals surface area contributed by atoms with Gasteiger partial charge in [-0.1, -0.05) is 0 Å². The number of benzene rings is 1. The quantitative estimate of drug-likeness (QED) is 0.783. The van der Waals surface area contributed by atoms with Gasteiger partial charge in [0.05, 0.1) is 30.2 Å². The summed E-state index contributed by atoms with van der Waals surface area (Å²) in [5.41, 5.74) is 1.41. The summed E-state index contributed by atoms with van der Waals surface area (Å²) in [6, 6.07) is 9.00. The summed E-state index contributed by atoms with van der Waals surface area (Å²) in [6.45, 7) is 4.30. The van der Waals surface area contributed by atoms with Gasteiger partial charge in [-0.2, -0.15) is 5.26 Å². The van der Waals surface area contributed by atoms with Crippen LogP contribution in [0.2, 0.25) is 0 Å². The molecule has 2 aliphatic heterocycles. The molecule has 0 radical (unpaired) electrons. The molecule has 6 nitrogen and oxygen atoms in total. The summed E-state index contributed by atoms with van der Waals surface area (Å²) in [7, 11) is 0. The number of nitrogens with zero attached hydrogens (tertiary/aromatic N) is 3. The number of anilines is 1. The molecule has 0 aromatic heterocycles. The van der Waals surface area contributed by atoms with Gasteiger partial charge in [0, 0.05) is 18.8 Å². The first-order chi connectivity index (χ1) is 12.1. The molecule has 2 heterocycles. The summed E-state index contributed by atoms with van der Waals surface area (Å²) in [5.74, 6) is -0.207. The van der Waals surface area contributed by atoms with E-state index in [0.717, 1.165) is 31.5 Å². The highest BCUT2D eigenvalue weighted by Gasteiger charge is 2.39. The van der Waals surface area contributed by atoms with Crippen molar-refractivity contribution in [3.8, 4) is 6.07 Å². The van der Waals surface area contributed by atoms with E-state index in [1.54, 1.807) is 17.0 Å². The van der Waals surface area contributed by atoms with E-state index in [1.807, 2.05) is 19.1 Å². The average molecular weight is 341 g/mol. The zero-order valence-electron chi connectivity index (χ0n) is 14.5. The van der Waals surface area contributed by atoms with Crippen molar-refractivity contribution in [2.24, 2.45) is 5.92 Å². The number of carbonyl (C=O) groups is 2. The van der Waals surface area contributed by atoms with E-state index in [-0.39, 0.29) is 23.8 Å². The molecule has 2 saturated heterocycles. The SMILES string of the molecule is CCOC(=O)C1CCCN(C2CCN(c3ccc(C#N)cc3)C2=O)C1. The average Bonchev–Trinajstić information content (AvgIpc) is 3.03. The highest BCUT2D eigenvalue weighted by atomic mass is 16.5. The van der Waals surface area contributed by atoms with Gasteiger partial charge >= 0.3 is 5.97 Å². The fourth-order valence-electron chi connectivity index (χ4n) is 3.72. The molecule has 0 bridgehead atoms. The van der Waals surface area contributed by atoms with Gasteiger partial charge in [-0.05, 0) is 57.0 Å². The maximum Gasteiger partial charge on any atom is 0.310 e. The van der Waals surface area contributed by atoms with Crippen molar-refractivity contribution >= 4 is 17.6 Å². The van der Waals surface area contributed by atoms with E-state index in [0.29, 0.717) is 25.3 Å². The summed E-state index contributed by atoms with van der Waals surface area (Å²) >= 11 is 0. The Hall–Kier alpha value is -2.39. The summed E-state index contributed by atoms with van der Waals surface area (Å²) in [5, 5.41) is 8.89. The summed E-state index contributed by atoms with van der Waals surface area (Å²) in [6.07, 6.45) is 2.49. The minimum absolute atomic E-state index is 0.0780. The first-order valence-corrected chi connectivity index (χ1v) is 8.86. The highest BCUT2D eigenvalue weighted by Crippen LogP contribution is 2.28. The maximum absolute atomic E-state index is 12.9. The molecule has 2 unspecified atom stereocenters. The molecule has 0 spiro atoms. The van der Waals surface area contributed by atoms with Crippen molar-refractivity contribution in [3.63, 3.8) is 0 Å². The van der Waals surface area contributed by atoms with Crippen LogP contribution in [0.1, 0.15) is 31.7 Å². The second-order valence-corrected chi connectivity index (χ2v) is 6.54. The Morgan fingerprint density at radius 3 is 2.72 bits per heavy atom. The molecule has 0 aliphatic carbocycles. The molecule has 3 rings (SSSR count). The summed E-state index contributed by atoms with van der Waals surface area (Å²) < 4.78 is 5.14. The highest BCUT2D eigenvalue weighted by molar-refractivity contribution is 5.99. The van der Waals surface area contributed by atoms with Crippen LogP contribution in [0.4, 0.5) is 5.69 Å². The number of carbonyl (C=O) groups excluding carboxylic acids is 2. The predicted molar refractivity (Wildman–Crippen MR) is 92.8 cm³/mol. The lowest BCUT2D eigenvalue weighted by Crippen LogP contribution is -2.48. The van der Waals surface area contributed by atoms with E-state index in [4.69, 9.17) is 10.00 Å². The van der Waals surface area contributed by atoms with Crippen LogP contribution in [0.15, 0.2) is 24.3 Å². The second-order valence-electron chi connectivity index (χ2n) is 6.54. The topological polar surface area (TPSA) is 73.6 Å².